The lowest BCUT2D eigenvalue weighted by molar-refractivity contribution is 0.308. The molecule has 0 atom stereocenters. The van der Waals surface area contributed by atoms with E-state index < -0.39 is 0 Å². The number of aromatic nitrogens is 1. The standard InChI is InChI=1S/C16H19ClN2/c1-11-6-13(10-18-9-12-7-14(17)8-12)15-4-2-3-5-16(15)19-11/h2-6,12,14,18H,7-10H2,1H3. The smallest absolute Gasteiger partial charge is 0.0708 e. The van der Waals surface area contributed by atoms with E-state index in [9.17, 15) is 0 Å². The Kier molecular flexibility index (Phi) is 3.72. The van der Waals surface area contributed by atoms with Crippen LogP contribution in [-0.2, 0) is 6.54 Å². The van der Waals surface area contributed by atoms with Crippen LogP contribution >= 0.6 is 11.6 Å². The normalized spacial score (nSPS) is 22.4. The second kappa shape index (κ2) is 5.48. The van der Waals surface area contributed by atoms with Crippen molar-refractivity contribution in [2.24, 2.45) is 5.92 Å². The van der Waals surface area contributed by atoms with Gasteiger partial charge in [0.2, 0.25) is 0 Å². The fraction of sp³-hybridized carbons (Fsp3) is 0.438. The summed E-state index contributed by atoms with van der Waals surface area (Å²) in [5, 5.41) is 5.22. The molecule has 1 heterocycles. The van der Waals surface area contributed by atoms with Gasteiger partial charge in [-0.25, -0.2) is 0 Å². The number of halogens is 1. The topological polar surface area (TPSA) is 24.9 Å². The molecule has 100 valence electrons. The van der Waals surface area contributed by atoms with Crippen LogP contribution in [0.5, 0.6) is 0 Å². The molecule has 0 aliphatic heterocycles. The molecular weight excluding hydrogens is 256 g/mol. The summed E-state index contributed by atoms with van der Waals surface area (Å²) in [5.41, 5.74) is 3.51. The molecule has 1 fully saturated rings. The Bertz CT molecular complexity index is 576. The predicted octanol–water partition coefficient (Wildman–Crippen LogP) is 3.65. The van der Waals surface area contributed by atoms with Gasteiger partial charge in [0.05, 0.1) is 5.52 Å². The van der Waals surface area contributed by atoms with Gasteiger partial charge in [0.15, 0.2) is 0 Å². The zero-order valence-electron chi connectivity index (χ0n) is 11.2. The van der Waals surface area contributed by atoms with Crippen LogP contribution in [0, 0.1) is 12.8 Å². The minimum atomic E-state index is 0.413. The molecule has 0 radical (unpaired) electrons. The van der Waals surface area contributed by atoms with Crippen molar-refractivity contribution in [1.29, 1.82) is 0 Å². The highest BCUT2D eigenvalue weighted by molar-refractivity contribution is 6.21. The summed E-state index contributed by atoms with van der Waals surface area (Å²) < 4.78 is 0. The zero-order chi connectivity index (χ0) is 13.2. The molecule has 0 spiro atoms. The SMILES string of the molecule is Cc1cc(CNCC2CC(Cl)C2)c2ccccc2n1. The number of benzene rings is 1. The molecule has 3 rings (SSSR count). The van der Waals surface area contributed by atoms with Crippen LogP contribution in [0.4, 0.5) is 0 Å². The molecule has 19 heavy (non-hydrogen) atoms. The number of nitrogens with zero attached hydrogens (tertiary/aromatic N) is 1. The fourth-order valence-electron chi connectivity index (χ4n) is 2.77. The molecule has 3 heteroatoms. The highest BCUT2D eigenvalue weighted by atomic mass is 35.5. The predicted molar refractivity (Wildman–Crippen MR) is 80.6 cm³/mol. The quantitative estimate of drug-likeness (QED) is 0.861. The first kappa shape index (κ1) is 12.9. The van der Waals surface area contributed by atoms with E-state index in [-0.39, 0.29) is 0 Å². The number of pyridine rings is 1. The van der Waals surface area contributed by atoms with Crippen LogP contribution in [0.3, 0.4) is 0 Å². The maximum Gasteiger partial charge on any atom is 0.0708 e. The molecular formula is C16H19ClN2. The Morgan fingerprint density at radius 2 is 2.11 bits per heavy atom. The summed E-state index contributed by atoms with van der Waals surface area (Å²) in [6.45, 7) is 4.03. The van der Waals surface area contributed by atoms with Crippen molar-refractivity contribution in [1.82, 2.24) is 10.3 Å². The number of rotatable bonds is 4. The van der Waals surface area contributed by atoms with Gasteiger partial charge in [-0.15, -0.1) is 11.6 Å². The van der Waals surface area contributed by atoms with E-state index >= 15 is 0 Å². The lowest BCUT2D eigenvalue weighted by Crippen LogP contribution is -2.33. The Morgan fingerprint density at radius 1 is 1.32 bits per heavy atom. The highest BCUT2D eigenvalue weighted by Crippen LogP contribution is 2.31. The summed E-state index contributed by atoms with van der Waals surface area (Å²) in [6, 6.07) is 10.5. The Balaban J connectivity index is 1.69. The van der Waals surface area contributed by atoms with Crippen molar-refractivity contribution < 1.29 is 0 Å². The van der Waals surface area contributed by atoms with Gasteiger partial charge < -0.3 is 5.32 Å². The van der Waals surface area contributed by atoms with Gasteiger partial charge in [0.1, 0.15) is 0 Å². The summed E-state index contributed by atoms with van der Waals surface area (Å²) in [6.07, 6.45) is 2.31. The van der Waals surface area contributed by atoms with E-state index in [1.165, 1.54) is 10.9 Å². The van der Waals surface area contributed by atoms with Crippen molar-refractivity contribution in [2.45, 2.75) is 31.7 Å². The highest BCUT2D eigenvalue weighted by Gasteiger charge is 2.26. The summed E-state index contributed by atoms with van der Waals surface area (Å²) in [5.74, 6) is 0.761. The van der Waals surface area contributed by atoms with Crippen LogP contribution in [0.15, 0.2) is 30.3 Å². The van der Waals surface area contributed by atoms with Gasteiger partial charge in [-0.2, -0.15) is 0 Å². The Labute approximate surface area is 119 Å². The van der Waals surface area contributed by atoms with E-state index in [0.29, 0.717) is 5.38 Å². The first-order valence-corrected chi connectivity index (χ1v) is 7.36. The molecule has 1 saturated carbocycles. The number of nitrogens with one attached hydrogen (secondary N) is 1. The van der Waals surface area contributed by atoms with Crippen LogP contribution < -0.4 is 5.32 Å². The molecule has 0 amide bonds. The third-order valence-corrected chi connectivity index (χ3v) is 4.21. The second-order valence-corrected chi connectivity index (χ2v) is 6.12. The molecule has 2 nitrogen and oxygen atoms in total. The number of fused-ring (bicyclic) bond motifs is 1. The lowest BCUT2D eigenvalue weighted by atomic mass is 9.85. The third kappa shape index (κ3) is 2.90. The average molecular weight is 275 g/mol. The van der Waals surface area contributed by atoms with Crippen LogP contribution in [0.1, 0.15) is 24.1 Å². The molecule has 1 aromatic carbocycles. The Morgan fingerprint density at radius 3 is 2.89 bits per heavy atom. The van der Waals surface area contributed by atoms with Gasteiger partial charge in [0, 0.05) is 23.0 Å². The van der Waals surface area contributed by atoms with E-state index in [4.69, 9.17) is 11.6 Å². The molecule has 1 aromatic heterocycles. The largest absolute Gasteiger partial charge is 0.312 e. The second-order valence-electron chi connectivity index (χ2n) is 5.51. The monoisotopic (exact) mass is 274 g/mol. The molecule has 2 aromatic rings. The summed E-state index contributed by atoms with van der Waals surface area (Å²) in [4.78, 5) is 4.57. The molecule has 0 bridgehead atoms. The first-order chi connectivity index (χ1) is 9.22. The number of hydrogen-bond donors (Lipinski definition) is 1. The minimum Gasteiger partial charge on any atom is -0.312 e. The van der Waals surface area contributed by atoms with Gasteiger partial charge in [-0.05, 0) is 49.9 Å². The van der Waals surface area contributed by atoms with E-state index in [0.717, 1.165) is 43.1 Å². The van der Waals surface area contributed by atoms with E-state index in [1.807, 2.05) is 6.07 Å². The van der Waals surface area contributed by atoms with Crippen LogP contribution in [-0.4, -0.2) is 16.9 Å². The number of hydrogen-bond acceptors (Lipinski definition) is 2. The minimum absolute atomic E-state index is 0.413. The number of alkyl halides is 1. The summed E-state index contributed by atoms with van der Waals surface area (Å²) >= 11 is 6.00. The van der Waals surface area contributed by atoms with Crippen molar-refractivity contribution >= 4 is 22.5 Å². The van der Waals surface area contributed by atoms with Crippen molar-refractivity contribution in [3.63, 3.8) is 0 Å². The average Bonchev–Trinajstić information content (AvgIpc) is 2.36. The molecule has 1 aliphatic carbocycles. The fourth-order valence-corrected chi connectivity index (χ4v) is 3.28. The van der Waals surface area contributed by atoms with E-state index in [1.54, 1.807) is 0 Å². The van der Waals surface area contributed by atoms with Gasteiger partial charge in [0.25, 0.3) is 0 Å². The molecule has 1 N–H and O–H groups in total. The van der Waals surface area contributed by atoms with Crippen LogP contribution in [0.25, 0.3) is 10.9 Å². The number of para-hydroxylation sites is 1. The first-order valence-electron chi connectivity index (χ1n) is 6.92. The summed E-state index contributed by atoms with van der Waals surface area (Å²) in [7, 11) is 0. The molecule has 0 unspecified atom stereocenters. The maximum atomic E-state index is 6.00. The van der Waals surface area contributed by atoms with Crippen molar-refractivity contribution in [2.75, 3.05) is 6.54 Å². The van der Waals surface area contributed by atoms with Crippen molar-refractivity contribution in [3.05, 3.63) is 41.6 Å². The van der Waals surface area contributed by atoms with Crippen molar-refractivity contribution in [3.8, 4) is 0 Å². The Hall–Kier alpha value is -1.12. The zero-order valence-corrected chi connectivity index (χ0v) is 12.0. The van der Waals surface area contributed by atoms with Gasteiger partial charge in [-0.3, -0.25) is 4.98 Å². The number of aryl methyl sites for hydroxylation is 1. The van der Waals surface area contributed by atoms with Crippen LogP contribution in [0.2, 0.25) is 0 Å². The molecule has 1 aliphatic rings. The van der Waals surface area contributed by atoms with Gasteiger partial charge in [-0.1, -0.05) is 18.2 Å². The maximum absolute atomic E-state index is 6.00. The van der Waals surface area contributed by atoms with E-state index in [2.05, 4.69) is 41.5 Å². The van der Waals surface area contributed by atoms with Gasteiger partial charge >= 0.3 is 0 Å². The third-order valence-electron chi connectivity index (χ3n) is 3.86. The molecule has 0 saturated heterocycles. The lowest BCUT2D eigenvalue weighted by Gasteiger charge is -2.31.